The van der Waals surface area contributed by atoms with Gasteiger partial charge in [0.15, 0.2) is 0 Å². The lowest BCUT2D eigenvalue weighted by Crippen LogP contribution is -2.45. The van der Waals surface area contributed by atoms with Gasteiger partial charge in [-0.05, 0) is 36.5 Å². The molecule has 1 aliphatic heterocycles. The van der Waals surface area contributed by atoms with Crippen LogP contribution in [0.3, 0.4) is 0 Å². The summed E-state index contributed by atoms with van der Waals surface area (Å²) in [6.07, 6.45) is 1.21. The average molecular weight is 349 g/mol. The first kappa shape index (κ1) is 21.5. The van der Waals surface area contributed by atoms with Crippen molar-refractivity contribution in [2.75, 3.05) is 33.3 Å². The van der Waals surface area contributed by atoms with Crippen molar-refractivity contribution in [3.8, 4) is 5.75 Å². The molecule has 0 bridgehead atoms. The van der Waals surface area contributed by atoms with E-state index in [1.807, 2.05) is 0 Å². The van der Waals surface area contributed by atoms with Crippen molar-refractivity contribution >= 4 is 24.8 Å². The van der Waals surface area contributed by atoms with E-state index in [2.05, 4.69) is 49.2 Å². The number of nitrogens with zero attached hydrogens (tertiary/aromatic N) is 1. The van der Waals surface area contributed by atoms with E-state index in [-0.39, 0.29) is 24.8 Å². The van der Waals surface area contributed by atoms with Gasteiger partial charge < -0.3 is 10.1 Å². The van der Waals surface area contributed by atoms with Crippen LogP contribution < -0.4 is 10.1 Å². The second-order valence-electron chi connectivity index (χ2n) is 6.16. The standard InChI is InChI=1S/C17H28N2O.2ClH/c1-13(2)11-16(19-9-7-18-8-10-19)15-5-6-17(20-4)14(3)12-15;;/h5-6,12-13,16,18H,7-11H2,1-4H3;2*1H/t16-;;/m1../s1. The number of benzene rings is 1. The lowest BCUT2D eigenvalue weighted by molar-refractivity contribution is 0.154. The Balaban J connectivity index is 0.00000220. The van der Waals surface area contributed by atoms with E-state index in [0.29, 0.717) is 12.0 Å². The molecule has 5 heteroatoms. The summed E-state index contributed by atoms with van der Waals surface area (Å²) < 4.78 is 5.38. The Kier molecular flexibility index (Phi) is 10.1. The van der Waals surface area contributed by atoms with Crippen LogP contribution in [0.25, 0.3) is 0 Å². The molecule has 0 unspecified atom stereocenters. The summed E-state index contributed by atoms with van der Waals surface area (Å²) in [5.74, 6) is 1.69. The van der Waals surface area contributed by atoms with Crippen LogP contribution in [0.15, 0.2) is 18.2 Å². The third kappa shape index (κ3) is 5.62. The fourth-order valence-electron chi connectivity index (χ4n) is 3.05. The molecule has 0 saturated carbocycles. The van der Waals surface area contributed by atoms with Crippen molar-refractivity contribution in [2.24, 2.45) is 5.92 Å². The molecule has 1 heterocycles. The monoisotopic (exact) mass is 348 g/mol. The minimum atomic E-state index is 0. The van der Waals surface area contributed by atoms with E-state index in [9.17, 15) is 0 Å². The van der Waals surface area contributed by atoms with Crippen molar-refractivity contribution < 1.29 is 4.74 Å². The molecule has 1 saturated heterocycles. The fraction of sp³-hybridized carbons (Fsp3) is 0.647. The number of nitrogens with one attached hydrogen (secondary N) is 1. The van der Waals surface area contributed by atoms with Gasteiger partial charge in [0, 0.05) is 32.2 Å². The molecule has 22 heavy (non-hydrogen) atoms. The van der Waals surface area contributed by atoms with Gasteiger partial charge in [-0.1, -0.05) is 26.0 Å². The van der Waals surface area contributed by atoms with Crippen molar-refractivity contribution in [1.82, 2.24) is 10.2 Å². The Morgan fingerprint density at radius 3 is 2.32 bits per heavy atom. The van der Waals surface area contributed by atoms with Crippen molar-refractivity contribution in [2.45, 2.75) is 33.2 Å². The van der Waals surface area contributed by atoms with Gasteiger partial charge in [0.05, 0.1) is 7.11 Å². The molecular formula is C17H30Cl2N2O. The van der Waals surface area contributed by atoms with Gasteiger partial charge in [-0.3, -0.25) is 4.90 Å². The predicted molar refractivity (Wildman–Crippen MR) is 98.9 cm³/mol. The molecule has 1 aromatic carbocycles. The van der Waals surface area contributed by atoms with Crippen LogP contribution in [0, 0.1) is 12.8 Å². The van der Waals surface area contributed by atoms with E-state index in [0.717, 1.165) is 31.9 Å². The SMILES string of the molecule is COc1ccc([C@@H](CC(C)C)N2CCNCC2)cc1C.Cl.Cl. The maximum Gasteiger partial charge on any atom is 0.121 e. The molecule has 1 atom stereocenters. The van der Waals surface area contributed by atoms with Crippen LogP contribution >= 0.6 is 24.8 Å². The third-order valence-electron chi connectivity index (χ3n) is 4.09. The summed E-state index contributed by atoms with van der Waals surface area (Å²) in [6, 6.07) is 7.18. The summed E-state index contributed by atoms with van der Waals surface area (Å²) in [6.45, 7) is 11.2. The molecule has 0 radical (unpaired) electrons. The Morgan fingerprint density at radius 1 is 1.18 bits per heavy atom. The molecule has 2 rings (SSSR count). The maximum atomic E-state index is 5.38. The van der Waals surface area contributed by atoms with Crippen molar-refractivity contribution in [3.63, 3.8) is 0 Å². The van der Waals surface area contributed by atoms with E-state index in [4.69, 9.17) is 4.74 Å². The quantitative estimate of drug-likeness (QED) is 0.874. The Labute approximate surface area is 147 Å². The fourth-order valence-corrected chi connectivity index (χ4v) is 3.05. The Hall–Kier alpha value is -0.480. The normalized spacial score (nSPS) is 16.6. The zero-order valence-electron chi connectivity index (χ0n) is 14.1. The van der Waals surface area contributed by atoms with E-state index in [1.165, 1.54) is 17.5 Å². The summed E-state index contributed by atoms with van der Waals surface area (Å²) in [7, 11) is 1.74. The van der Waals surface area contributed by atoms with E-state index >= 15 is 0 Å². The van der Waals surface area contributed by atoms with Gasteiger partial charge in [0.2, 0.25) is 0 Å². The van der Waals surface area contributed by atoms with Crippen LogP contribution in [-0.4, -0.2) is 38.2 Å². The maximum absolute atomic E-state index is 5.38. The lowest BCUT2D eigenvalue weighted by Gasteiger charge is -2.36. The Bertz CT molecular complexity index is 435. The van der Waals surface area contributed by atoms with Crippen LogP contribution in [0.2, 0.25) is 0 Å². The third-order valence-corrected chi connectivity index (χ3v) is 4.09. The number of halogens is 2. The molecule has 0 amide bonds. The van der Waals surface area contributed by atoms with Gasteiger partial charge in [-0.15, -0.1) is 24.8 Å². The number of methoxy groups -OCH3 is 1. The second-order valence-corrected chi connectivity index (χ2v) is 6.16. The smallest absolute Gasteiger partial charge is 0.121 e. The van der Waals surface area contributed by atoms with Crippen LogP contribution in [0.1, 0.15) is 37.4 Å². The molecule has 3 nitrogen and oxygen atoms in total. The van der Waals surface area contributed by atoms with Gasteiger partial charge in [0.25, 0.3) is 0 Å². The average Bonchev–Trinajstić information content (AvgIpc) is 2.45. The molecular weight excluding hydrogens is 319 g/mol. The minimum Gasteiger partial charge on any atom is -0.496 e. The number of ether oxygens (including phenoxy) is 1. The number of piperazine rings is 1. The molecule has 0 aromatic heterocycles. The van der Waals surface area contributed by atoms with Crippen LogP contribution in [-0.2, 0) is 0 Å². The van der Waals surface area contributed by atoms with Gasteiger partial charge in [0.1, 0.15) is 5.75 Å². The molecule has 1 aliphatic rings. The summed E-state index contributed by atoms with van der Waals surface area (Å²) in [5.41, 5.74) is 2.66. The highest BCUT2D eigenvalue weighted by Gasteiger charge is 2.23. The highest BCUT2D eigenvalue weighted by Crippen LogP contribution is 2.31. The number of rotatable bonds is 5. The van der Waals surface area contributed by atoms with Gasteiger partial charge in [-0.2, -0.15) is 0 Å². The first-order valence-corrected chi connectivity index (χ1v) is 7.71. The van der Waals surface area contributed by atoms with Crippen molar-refractivity contribution in [3.05, 3.63) is 29.3 Å². The molecule has 0 spiro atoms. The summed E-state index contributed by atoms with van der Waals surface area (Å²) >= 11 is 0. The highest BCUT2D eigenvalue weighted by atomic mass is 35.5. The number of hydrogen-bond acceptors (Lipinski definition) is 3. The summed E-state index contributed by atoms with van der Waals surface area (Å²) in [5, 5.41) is 3.44. The number of hydrogen-bond donors (Lipinski definition) is 1. The molecule has 1 N–H and O–H groups in total. The predicted octanol–water partition coefficient (Wildman–Crippen LogP) is 3.84. The number of aryl methyl sites for hydroxylation is 1. The topological polar surface area (TPSA) is 24.5 Å². The van der Waals surface area contributed by atoms with E-state index < -0.39 is 0 Å². The zero-order valence-corrected chi connectivity index (χ0v) is 15.7. The largest absolute Gasteiger partial charge is 0.496 e. The van der Waals surface area contributed by atoms with Crippen LogP contribution in [0.4, 0.5) is 0 Å². The molecule has 128 valence electrons. The molecule has 0 aliphatic carbocycles. The first-order chi connectivity index (χ1) is 9.61. The molecule has 1 fully saturated rings. The van der Waals surface area contributed by atoms with Gasteiger partial charge >= 0.3 is 0 Å². The summed E-state index contributed by atoms with van der Waals surface area (Å²) in [4.78, 5) is 2.62. The molecule has 1 aromatic rings. The zero-order chi connectivity index (χ0) is 14.5. The van der Waals surface area contributed by atoms with Gasteiger partial charge in [-0.25, -0.2) is 0 Å². The van der Waals surface area contributed by atoms with E-state index in [1.54, 1.807) is 7.11 Å². The van der Waals surface area contributed by atoms with Crippen molar-refractivity contribution in [1.29, 1.82) is 0 Å². The van der Waals surface area contributed by atoms with Crippen LogP contribution in [0.5, 0.6) is 5.75 Å². The highest BCUT2D eigenvalue weighted by molar-refractivity contribution is 5.85. The first-order valence-electron chi connectivity index (χ1n) is 7.71. The second kappa shape index (κ2) is 10.3. The Morgan fingerprint density at radius 2 is 1.82 bits per heavy atom. The minimum absolute atomic E-state index is 0. The lowest BCUT2D eigenvalue weighted by atomic mass is 9.94.